The summed E-state index contributed by atoms with van der Waals surface area (Å²) in [7, 11) is 3.63. The molecule has 2 aromatic carbocycles. The largest absolute Gasteiger partial charge is 0.496 e. The van der Waals surface area contributed by atoms with Gasteiger partial charge in [-0.1, -0.05) is 30.3 Å². The van der Waals surface area contributed by atoms with Gasteiger partial charge in [-0.25, -0.2) is 4.39 Å². The lowest BCUT2D eigenvalue weighted by Gasteiger charge is -2.19. The van der Waals surface area contributed by atoms with Crippen molar-refractivity contribution < 1.29 is 9.13 Å². The molecule has 0 aliphatic rings. The van der Waals surface area contributed by atoms with E-state index in [4.69, 9.17) is 10.5 Å². The molecule has 0 radical (unpaired) electrons. The van der Waals surface area contributed by atoms with E-state index in [0.29, 0.717) is 13.1 Å². The molecule has 0 atom stereocenters. The fourth-order valence-electron chi connectivity index (χ4n) is 2.19. The molecule has 0 aliphatic heterocycles. The Morgan fingerprint density at radius 1 is 1.05 bits per heavy atom. The van der Waals surface area contributed by atoms with Crippen molar-refractivity contribution in [2.45, 2.75) is 13.1 Å². The molecule has 0 aliphatic carbocycles. The van der Waals surface area contributed by atoms with Crippen molar-refractivity contribution in [1.29, 1.82) is 0 Å². The maximum absolute atomic E-state index is 13.4. The number of halogens is 1. The second-order valence-electron chi connectivity index (χ2n) is 4.80. The molecular formula is C16H19FN2O. The van der Waals surface area contributed by atoms with Gasteiger partial charge in [0.05, 0.1) is 12.8 Å². The highest BCUT2D eigenvalue weighted by Crippen LogP contribution is 2.21. The lowest BCUT2D eigenvalue weighted by molar-refractivity contribution is 0.310. The standard InChI is InChI=1S/C16H19FN2O/c1-19(10-12-6-3-4-9-15(12)20-2)11-13-7-5-8-14(17)16(13)18/h3-9H,10-11,18H2,1-2H3. The van der Waals surface area contributed by atoms with E-state index < -0.39 is 0 Å². The number of rotatable bonds is 5. The summed E-state index contributed by atoms with van der Waals surface area (Å²) < 4.78 is 18.7. The monoisotopic (exact) mass is 274 g/mol. The van der Waals surface area contributed by atoms with Gasteiger partial charge in [-0.3, -0.25) is 4.90 Å². The van der Waals surface area contributed by atoms with E-state index in [1.807, 2.05) is 37.4 Å². The van der Waals surface area contributed by atoms with E-state index in [1.54, 1.807) is 13.2 Å². The molecule has 0 unspecified atom stereocenters. The van der Waals surface area contributed by atoms with Crippen LogP contribution in [0.3, 0.4) is 0 Å². The van der Waals surface area contributed by atoms with Crippen molar-refractivity contribution >= 4 is 5.69 Å². The van der Waals surface area contributed by atoms with Gasteiger partial charge in [0, 0.05) is 18.7 Å². The molecule has 106 valence electrons. The predicted molar refractivity (Wildman–Crippen MR) is 79.0 cm³/mol. The summed E-state index contributed by atoms with van der Waals surface area (Å²) in [5.41, 5.74) is 7.86. The van der Waals surface area contributed by atoms with E-state index in [1.165, 1.54) is 6.07 Å². The first-order valence-corrected chi connectivity index (χ1v) is 6.45. The average molecular weight is 274 g/mol. The van der Waals surface area contributed by atoms with Crippen LogP contribution in [0.15, 0.2) is 42.5 Å². The summed E-state index contributed by atoms with van der Waals surface area (Å²) in [5, 5.41) is 0. The Bertz CT molecular complexity index is 586. The van der Waals surface area contributed by atoms with Gasteiger partial charge in [0.25, 0.3) is 0 Å². The Balaban J connectivity index is 2.09. The van der Waals surface area contributed by atoms with Crippen LogP contribution < -0.4 is 10.5 Å². The third-order valence-electron chi connectivity index (χ3n) is 3.22. The summed E-state index contributed by atoms with van der Waals surface area (Å²) in [6, 6.07) is 12.8. The van der Waals surface area contributed by atoms with E-state index in [-0.39, 0.29) is 11.5 Å². The first kappa shape index (κ1) is 14.3. The summed E-state index contributed by atoms with van der Waals surface area (Å²) in [5.74, 6) is 0.486. The Morgan fingerprint density at radius 2 is 1.70 bits per heavy atom. The SMILES string of the molecule is COc1ccccc1CN(C)Cc1cccc(F)c1N. The summed E-state index contributed by atoms with van der Waals surface area (Å²) >= 11 is 0. The number of hydrogen-bond donors (Lipinski definition) is 1. The van der Waals surface area contributed by atoms with Crippen molar-refractivity contribution in [3.8, 4) is 5.75 Å². The van der Waals surface area contributed by atoms with E-state index in [9.17, 15) is 4.39 Å². The second kappa shape index (κ2) is 6.39. The van der Waals surface area contributed by atoms with Crippen molar-refractivity contribution in [1.82, 2.24) is 4.90 Å². The Kier molecular flexibility index (Phi) is 4.58. The number of nitrogen functional groups attached to an aromatic ring is 1. The van der Waals surface area contributed by atoms with Crippen molar-refractivity contribution in [3.63, 3.8) is 0 Å². The van der Waals surface area contributed by atoms with Crippen LogP contribution in [0.5, 0.6) is 5.75 Å². The third kappa shape index (κ3) is 3.27. The summed E-state index contributed by atoms with van der Waals surface area (Å²) in [6.07, 6.45) is 0. The van der Waals surface area contributed by atoms with Crippen LogP contribution in [0.4, 0.5) is 10.1 Å². The smallest absolute Gasteiger partial charge is 0.146 e. The molecule has 0 bridgehead atoms. The number of methoxy groups -OCH3 is 1. The Morgan fingerprint density at radius 3 is 2.45 bits per heavy atom. The van der Waals surface area contributed by atoms with Crippen LogP contribution >= 0.6 is 0 Å². The maximum atomic E-state index is 13.4. The minimum absolute atomic E-state index is 0.222. The van der Waals surface area contributed by atoms with E-state index in [2.05, 4.69) is 4.90 Å². The molecule has 0 aromatic heterocycles. The number of anilines is 1. The van der Waals surface area contributed by atoms with Crippen LogP contribution in [-0.4, -0.2) is 19.1 Å². The van der Waals surface area contributed by atoms with Gasteiger partial charge in [-0.05, 0) is 24.7 Å². The van der Waals surface area contributed by atoms with Gasteiger partial charge in [-0.2, -0.15) is 0 Å². The summed E-state index contributed by atoms with van der Waals surface area (Å²) in [4.78, 5) is 2.07. The third-order valence-corrected chi connectivity index (χ3v) is 3.22. The second-order valence-corrected chi connectivity index (χ2v) is 4.80. The number of nitrogens with zero attached hydrogens (tertiary/aromatic N) is 1. The molecule has 0 amide bonds. The quantitative estimate of drug-likeness (QED) is 0.852. The van der Waals surface area contributed by atoms with Gasteiger partial charge in [0.1, 0.15) is 11.6 Å². The number of hydrogen-bond acceptors (Lipinski definition) is 3. The van der Waals surface area contributed by atoms with Crippen molar-refractivity contribution in [2.24, 2.45) is 0 Å². The molecule has 0 heterocycles. The zero-order valence-corrected chi connectivity index (χ0v) is 11.8. The van der Waals surface area contributed by atoms with Gasteiger partial charge < -0.3 is 10.5 Å². The molecule has 0 saturated heterocycles. The maximum Gasteiger partial charge on any atom is 0.146 e. The molecule has 0 saturated carbocycles. The zero-order chi connectivity index (χ0) is 14.5. The highest BCUT2D eigenvalue weighted by Gasteiger charge is 2.09. The molecule has 2 N–H and O–H groups in total. The van der Waals surface area contributed by atoms with E-state index in [0.717, 1.165) is 16.9 Å². The highest BCUT2D eigenvalue weighted by atomic mass is 19.1. The fourth-order valence-corrected chi connectivity index (χ4v) is 2.19. The van der Waals surface area contributed by atoms with Crippen LogP contribution in [0.2, 0.25) is 0 Å². The van der Waals surface area contributed by atoms with Gasteiger partial charge >= 0.3 is 0 Å². The number of benzene rings is 2. The van der Waals surface area contributed by atoms with Crippen LogP contribution in [-0.2, 0) is 13.1 Å². The van der Waals surface area contributed by atoms with E-state index >= 15 is 0 Å². The van der Waals surface area contributed by atoms with Crippen LogP contribution in [0.25, 0.3) is 0 Å². The topological polar surface area (TPSA) is 38.5 Å². The predicted octanol–water partition coefficient (Wildman–Crippen LogP) is 3.05. The van der Waals surface area contributed by atoms with Crippen molar-refractivity contribution in [2.75, 3.05) is 19.9 Å². The Labute approximate surface area is 118 Å². The van der Waals surface area contributed by atoms with Crippen molar-refractivity contribution in [3.05, 3.63) is 59.4 Å². The first-order valence-electron chi connectivity index (χ1n) is 6.45. The van der Waals surface area contributed by atoms with Gasteiger partial charge in [-0.15, -0.1) is 0 Å². The van der Waals surface area contributed by atoms with Gasteiger partial charge in [0.15, 0.2) is 0 Å². The zero-order valence-electron chi connectivity index (χ0n) is 11.8. The highest BCUT2D eigenvalue weighted by molar-refractivity contribution is 5.47. The number of ether oxygens (including phenoxy) is 1. The molecular weight excluding hydrogens is 255 g/mol. The average Bonchev–Trinajstić information content (AvgIpc) is 2.44. The molecule has 2 rings (SSSR count). The normalized spacial score (nSPS) is 10.8. The molecule has 2 aromatic rings. The molecule has 0 fully saturated rings. The molecule has 4 heteroatoms. The van der Waals surface area contributed by atoms with Crippen LogP contribution in [0.1, 0.15) is 11.1 Å². The minimum Gasteiger partial charge on any atom is -0.496 e. The van der Waals surface area contributed by atoms with Crippen LogP contribution in [0, 0.1) is 5.82 Å². The Hall–Kier alpha value is -2.07. The molecule has 0 spiro atoms. The molecule has 20 heavy (non-hydrogen) atoms. The lowest BCUT2D eigenvalue weighted by Crippen LogP contribution is -2.18. The van der Waals surface area contributed by atoms with Gasteiger partial charge in [0.2, 0.25) is 0 Å². The minimum atomic E-state index is -0.367. The first-order chi connectivity index (χ1) is 9.61. The molecule has 3 nitrogen and oxygen atoms in total. The summed E-state index contributed by atoms with van der Waals surface area (Å²) in [6.45, 7) is 1.29. The number of para-hydroxylation sites is 2. The number of nitrogens with two attached hydrogens (primary N) is 1. The lowest BCUT2D eigenvalue weighted by atomic mass is 10.1. The fraction of sp³-hybridized carbons (Fsp3) is 0.250.